The van der Waals surface area contributed by atoms with E-state index in [0.29, 0.717) is 6.04 Å². The van der Waals surface area contributed by atoms with E-state index in [1.807, 2.05) is 24.7 Å². The van der Waals surface area contributed by atoms with Crippen molar-refractivity contribution < 1.29 is 0 Å². The zero-order chi connectivity index (χ0) is 13.5. The Morgan fingerprint density at radius 1 is 1.37 bits per heavy atom. The van der Waals surface area contributed by atoms with E-state index in [2.05, 4.69) is 46.0 Å². The summed E-state index contributed by atoms with van der Waals surface area (Å²) in [5, 5.41) is 3.54. The van der Waals surface area contributed by atoms with Crippen LogP contribution in [0.5, 0.6) is 0 Å². The number of imidazole rings is 1. The lowest BCUT2D eigenvalue weighted by atomic mass is 10.2. The van der Waals surface area contributed by atoms with Gasteiger partial charge in [0.1, 0.15) is 5.82 Å². The molecular weight excluding hydrogens is 236 g/mol. The van der Waals surface area contributed by atoms with E-state index in [4.69, 9.17) is 0 Å². The minimum atomic E-state index is 0.441. The molecule has 0 aromatic carbocycles. The van der Waals surface area contributed by atoms with Crippen molar-refractivity contribution in [2.24, 2.45) is 0 Å². The molecule has 0 radical (unpaired) electrons. The molecule has 0 saturated heterocycles. The predicted octanol–water partition coefficient (Wildman–Crippen LogP) is 2.06. The van der Waals surface area contributed by atoms with Gasteiger partial charge in [0.05, 0.1) is 0 Å². The number of hydrogen-bond donors (Lipinski definition) is 1. The summed E-state index contributed by atoms with van der Waals surface area (Å²) in [7, 11) is 0. The van der Waals surface area contributed by atoms with E-state index in [-0.39, 0.29) is 0 Å². The number of aromatic nitrogens is 3. The second kappa shape index (κ2) is 7.04. The van der Waals surface area contributed by atoms with Crippen molar-refractivity contribution in [2.45, 2.75) is 39.3 Å². The monoisotopic (exact) mass is 258 g/mol. The third-order valence-electron chi connectivity index (χ3n) is 3.22. The molecule has 4 nitrogen and oxygen atoms in total. The Bertz CT molecular complexity index is 478. The van der Waals surface area contributed by atoms with Gasteiger partial charge in [0.2, 0.25) is 0 Å². The van der Waals surface area contributed by atoms with Crippen LogP contribution in [-0.2, 0) is 19.4 Å². The quantitative estimate of drug-likeness (QED) is 0.826. The second-order valence-electron chi connectivity index (χ2n) is 4.82. The predicted molar refractivity (Wildman–Crippen MR) is 77.0 cm³/mol. The van der Waals surface area contributed by atoms with E-state index < -0.39 is 0 Å². The summed E-state index contributed by atoms with van der Waals surface area (Å²) < 4.78 is 2.22. The molecule has 0 aliphatic carbocycles. The molecule has 0 amide bonds. The molecule has 2 rings (SSSR count). The van der Waals surface area contributed by atoms with Gasteiger partial charge >= 0.3 is 0 Å². The molecule has 19 heavy (non-hydrogen) atoms. The molecule has 2 aromatic heterocycles. The smallest absolute Gasteiger partial charge is 0.108 e. The maximum absolute atomic E-state index is 4.34. The van der Waals surface area contributed by atoms with Gasteiger partial charge in [0.25, 0.3) is 0 Å². The van der Waals surface area contributed by atoms with Crippen molar-refractivity contribution >= 4 is 0 Å². The van der Waals surface area contributed by atoms with Gasteiger partial charge in [-0.05, 0) is 31.5 Å². The van der Waals surface area contributed by atoms with Crippen LogP contribution in [0.25, 0.3) is 0 Å². The molecule has 1 unspecified atom stereocenters. The van der Waals surface area contributed by atoms with Crippen LogP contribution in [0.4, 0.5) is 0 Å². The van der Waals surface area contributed by atoms with E-state index in [1.165, 1.54) is 5.56 Å². The summed E-state index contributed by atoms with van der Waals surface area (Å²) in [6.45, 7) is 6.29. The summed E-state index contributed by atoms with van der Waals surface area (Å²) in [6.07, 6.45) is 9.67. The third kappa shape index (κ3) is 4.17. The molecule has 0 aliphatic heterocycles. The standard InChI is InChI=1S/C15H22N4/c1-3-15-18-9-10-19(15)12-13(2)17-8-6-14-5-4-7-16-11-14/h4-5,7,9-11,13,17H,3,6,8,12H2,1-2H3. The molecule has 0 aliphatic rings. The lowest BCUT2D eigenvalue weighted by molar-refractivity contribution is 0.471. The van der Waals surface area contributed by atoms with Crippen LogP contribution in [0.2, 0.25) is 0 Å². The Morgan fingerprint density at radius 2 is 2.26 bits per heavy atom. The van der Waals surface area contributed by atoms with E-state index in [1.54, 1.807) is 0 Å². The lowest BCUT2D eigenvalue weighted by Crippen LogP contribution is -2.32. The summed E-state index contributed by atoms with van der Waals surface area (Å²) in [6, 6.07) is 4.54. The van der Waals surface area contributed by atoms with Crippen LogP contribution in [-0.4, -0.2) is 27.1 Å². The Kier molecular flexibility index (Phi) is 5.10. The maximum atomic E-state index is 4.34. The molecular formula is C15H22N4. The molecule has 102 valence electrons. The first-order chi connectivity index (χ1) is 9.29. The fourth-order valence-electron chi connectivity index (χ4n) is 2.19. The average Bonchev–Trinajstić information content (AvgIpc) is 2.87. The van der Waals surface area contributed by atoms with Crippen molar-refractivity contribution in [3.63, 3.8) is 0 Å². The fourth-order valence-corrected chi connectivity index (χ4v) is 2.19. The minimum absolute atomic E-state index is 0.441. The summed E-state index contributed by atoms with van der Waals surface area (Å²) in [4.78, 5) is 8.47. The third-order valence-corrected chi connectivity index (χ3v) is 3.22. The summed E-state index contributed by atoms with van der Waals surface area (Å²) in [5.74, 6) is 1.15. The highest BCUT2D eigenvalue weighted by Gasteiger charge is 2.05. The second-order valence-corrected chi connectivity index (χ2v) is 4.82. The van der Waals surface area contributed by atoms with Crippen LogP contribution in [0.1, 0.15) is 25.2 Å². The molecule has 2 heterocycles. The highest BCUT2D eigenvalue weighted by molar-refractivity contribution is 5.08. The van der Waals surface area contributed by atoms with E-state index in [0.717, 1.165) is 31.8 Å². The Labute approximate surface area is 114 Å². The van der Waals surface area contributed by atoms with Gasteiger partial charge in [0.15, 0.2) is 0 Å². The molecule has 0 fully saturated rings. The Morgan fingerprint density at radius 3 is 3.00 bits per heavy atom. The number of nitrogens with one attached hydrogen (secondary N) is 1. The highest BCUT2D eigenvalue weighted by Crippen LogP contribution is 2.01. The number of pyridine rings is 1. The number of hydrogen-bond acceptors (Lipinski definition) is 3. The molecule has 4 heteroatoms. The average molecular weight is 258 g/mol. The van der Waals surface area contributed by atoms with Crippen molar-refractivity contribution in [3.8, 4) is 0 Å². The molecule has 0 saturated carbocycles. The zero-order valence-electron chi connectivity index (χ0n) is 11.7. The van der Waals surface area contributed by atoms with Crippen LogP contribution in [0.3, 0.4) is 0 Å². The molecule has 1 atom stereocenters. The molecule has 2 aromatic rings. The lowest BCUT2D eigenvalue weighted by Gasteiger charge is -2.15. The number of rotatable bonds is 7. The summed E-state index contributed by atoms with van der Waals surface area (Å²) >= 11 is 0. The molecule has 1 N–H and O–H groups in total. The van der Waals surface area contributed by atoms with Gasteiger partial charge in [-0.25, -0.2) is 4.98 Å². The van der Waals surface area contributed by atoms with Gasteiger partial charge in [-0.3, -0.25) is 4.98 Å². The first-order valence-electron chi connectivity index (χ1n) is 6.92. The first kappa shape index (κ1) is 13.7. The zero-order valence-corrected chi connectivity index (χ0v) is 11.7. The highest BCUT2D eigenvalue weighted by atomic mass is 15.1. The van der Waals surface area contributed by atoms with E-state index in [9.17, 15) is 0 Å². The van der Waals surface area contributed by atoms with Gasteiger partial charge < -0.3 is 9.88 Å². The Hall–Kier alpha value is -1.68. The fraction of sp³-hybridized carbons (Fsp3) is 0.467. The topological polar surface area (TPSA) is 42.7 Å². The van der Waals surface area contributed by atoms with E-state index >= 15 is 0 Å². The number of nitrogens with zero attached hydrogens (tertiary/aromatic N) is 3. The largest absolute Gasteiger partial charge is 0.333 e. The molecule has 0 bridgehead atoms. The van der Waals surface area contributed by atoms with Crippen molar-refractivity contribution in [3.05, 3.63) is 48.3 Å². The summed E-state index contributed by atoms with van der Waals surface area (Å²) in [5.41, 5.74) is 1.28. The first-order valence-corrected chi connectivity index (χ1v) is 6.92. The van der Waals surface area contributed by atoms with Crippen LogP contribution >= 0.6 is 0 Å². The SMILES string of the molecule is CCc1nccn1CC(C)NCCc1cccnc1. The minimum Gasteiger partial charge on any atom is -0.333 e. The number of aryl methyl sites for hydroxylation is 1. The molecule has 0 spiro atoms. The Balaban J connectivity index is 1.74. The normalized spacial score (nSPS) is 12.5. The maximum Gasteiger partial charge on any atom is 0.108 e. The van der Waals surface area contributed by atoms with Crippen molar-refractivity contribution in [1.82, 2.24) is 19.9 Å². The van der Waals surface area contributed by atoms with Crippen LogP contribution < -0.4 is 5.32 Å². The van der Waals surface area contributed by atoms with Gasteiger partial charge in [0, 0.05) is 43.8 Å². The van der Waals surface area contributed by atoms with Gasteiger partial charge in [-0.1, -0.05) is 13.0 Å². The van der Waals surface area contributed by atoms with Crippen LogP contribution in [0.15, 0.2) is 36.9 Å². The van der Waals surface area contributed by atoms with Gasteiger partial charge in [-0.2, -0.15) is 0 Å². The van der Waals surface area contributed by atoms with Crippen molar-refractivity contribution in [1.29, 1.82) is 0 Å². The van der Waals surface area contributed by atoms with Crippen molar-refractivity contribution in [2.75, 3.05) is 6.54 Å². The van der Waals surface area contributed by atoms with Crippen LogP contribution in [0, 0.1) is 0 Å². The van der Waals surface area contributed by atoms with Gasteiger partial charge in [-0.15, -0.1) is 0 Å².